The fourth-order valence-corrected chi connectivity index (χ4v) is 2.29. The van der Waals surface area contributed by atoms with E-state index in [1.54, 1.807) is 0 Å². The first-order chi connectivity index (χ1) is 8.04. The fraction of sp³-hybridized carbons (Fsp3) is 0.533. The summed E-state index contributed by atoms with van der Waals surface area (Å²) in [6.45, 7) is 8.44. The highest BCUT2D eigenvalue weighted by atomic mass is 14.9. The summed E-state index contributed by atoms with van der Waals surface area (Å²) in [5.74, 6) is 0.0285. The topological polar surface area (TPSA) is 35.8 Å². The Bertz CT molecular complexity index is 429. The predicted molar refractivity (Wildman–Crippen MR) is 71.8 cm³/mol. The van der Waals surface area contributed by atoms with Crippen molar-refractivity contribution in [3.05, 3.63) is 34.4 Å². The summed E-state index contributed by atoms with van der Waals surface area (Å²) in [5.41, 5.74) is 5.12. The van der Waals surface area contributed by atoms with Crippen LogP contribution in [0.15, 0.2) is 12.1 Å². The van der Waals surface area contributed by atoms with E-state index in [0.29, 0.717) is 0 Å². The maximum absolute atomic E-state index is 9.21. The molecule has 0 radical (unpaired) electrons. The second-order valence-electron chi connectivity index (χ2n) is 4.70. The molecular formula is C15H22N2. The van der Waals surface area contributed by atoms with Crippen LogP contribution in [0.2, 0.25) is 0 Å². The van der Waals surface area contributed by atoms with Crippen molar-refractivity contribution in [2.45, 2.75) is 40.2 Å². The van der Waals surface area contributed by atoms with Gasteiger partial charge in [-0.05, 0) is 56.5 Å². The van der Waals surface area contributed by atoms with Gasteiger partial charge < -0.3 is 5.32 Å². The number of hydrogen-bond donors (Lipinski definition) is 1. The number of nitrogens with one attached hydrogen (secondary N) is 1. The first-order valence-electron chi connectivity index (χ1n) is 6.19. The Kier molecular flexibility index (Phi) is 4.72. The lowest BCUT2D eigenvalue weighted by Crippen LogP contribution is -2.25. The average molecular weight is 230 g/mol. The van der Waals surface area contributed by atoms with E-state index in [1.807, 2.05) is 7.05 Å². The first-order valence-corrected chi connectivity index (χ1v) is 6.19. The van der Waals surface area contributed by atoms with Gasteiger partial charge >= 0.3 is 0 Å². The normalized spacial score (nSPS) is 14.1. The van der Waals surface area contributed by atoms with Crippen LogP contribution >= 0.6 is 0 Å². The number of aryl methyl sites for hydroxylation is 3. The third-order valence-corrected chi connectivity index (χ3v) is 3.54. The van der Waals surface area contributed by atoms with Gasteiger partial charge in [0.15, 0.2) is 0 Å². The van der Waals surface area contributed by atoms with Crippen LogP contribution in [-0.2, 0) is 0 Å². The molecule has 92 valence electrons. The van der Waals surface area contributed by atoms with Crippen molar-refractivity contribution in [3.63, 3.8) is 0 Å². The van der Waals surface area contributed by atoms with Crippen molar-refractivity contribution in [1.82, 2.24) is 5.32 Å². The first kappa shape index (κ1) is 13.7. The smallest absolute Gasteiger partial charge is 0.0675 e. The Labute approximate surface area is 105 Å². The highest BCUT2D eigenvalue weighted by Gasteiger charge is 2.21. The second kappa shape index (κ2) is 5.84. The zero-order valence-corrected chi connectivity index (χ0v) is 11.5. The maximum atomic E-state index is 9.21. The minimum atomic E-state index is 0.0285. The van der Waals surface area contributed by atoms with Crippen molar-refractivity contribution in [2.24, 2.45) is 5.92 Å². The van der Waals surface area contributed by atoms with Crippen molar-refractivity contribution in [2.75, 3.05) is 7.05 Å². The summed E-state index contributed by atoms with van der Waals surface area (Å²) in [7, 11) is 1.93. The number of nitriles is 1. The zero-order chi connectivity index (χ0) is 13.0. The quantitative estimate of drug-likeness (QED) is 0.860. The molecule has 0 saturated carbocycles. The Morgan fingerprint density at radius 2 is 1.76 bits per heavy atom. The third kappa shape index (κ3) is 2.87. The van der Waals surface area contributed by atoms with Gasteiger partial charge in [-0.3, -0.25) is 0 Å². The van der Waals surface area contributed by atoms with Gasteiger partial charge in [0.25, 0.3) is 0 Å². The molecule has 0 spiro atoms. The minimum absolute atomic E-state index is 0.0285. The van der Waals surface area contributed by atoms with Gasteiger partial charge in [-0.1, -0.05) is 19.1 Å². The average Bonchev–Trinajstić information content (AvgIpc) is 2.31. The third-order valence-electron chi connectivity index (χ3n) is 3.54. The van der Waals surface area contributed by atoms with Gasteiger partial charge in [0, 0.05) is 6.04 Å². The lowest BCUT2D eigenvalue weighted by Gasteiger charge is -2.23. The monoisotopic (exact) mass is 230 g/mol. The van der Waals surface area contributed by atoms with Gasteiger partial charge in [0.05, 0.1) is 12.0 Å². The standard InChI is InChI=1S/C15H22N2/c1-6-13(9-16)15(17-5)14-8-11(3)10(2)7-12(14)4/h7-8,13,15,17H,6H2,1-5H3. The van der Waals surface area contributed by atoms with Gasteiger partial charge in [-0.25, -0.2) is 0 Å². The molecule has 0 aromatic heterocycles. The van der Waals surface area contributed by atoms with Gasteiger partial charge in [0.2, 0.25) is 0 Å². The number of rotatable bonds is 4. The van der Waals surface area contributed by atoms with Crippen LogP contribution in [0.1, 0.15) is 41.6 Å². The van der Waals surface area contributed by atoms with Crippen LogP contribution < -0.4 is 5.32 Å². The van der Waals surface area contributed by atoms with Gasteiger partial charge in [-0.2, -0.15) is 5.26 Å². The molecule has 0 amide bonds. The summed E-state index contributed by atoms with van der Waals surface area (Å²) in [4.78, 5) is 0. The molecule has 0 heterocycles. The molecule has 17 heavy (non-hydrogen) atoms. The molecule has 1 N–H and O–H groups in total. The van der Waals surface area contributed by atoms with Crippen molar-refractivity contribution in [1.29, 1.82) is 5.26 Å². The van der Waals surface area contributed by atoms with Crippen molar-refractivity contribution < 1.29 is 0 Å². The van der Waals surface area contributed by atoms with E-state index < -0.39 is 0 Å². The molecule has 2 atom stereocenters. The molecule has 2 heteroatoms. The highest BCUT2D eigenvalue weighted by molar-refractivity contribution is 5.39. The van der Waals surface area contributed by atoms with Crippen LogP contribution in [0.5, 0.6) is 0 Å². The summed E-state index contributed by atoms with van der Waals surface area (Å²) in [6.07, 6.45) is 0.869. The molecule has 1 aromatic carbocycles. The number of benzene rings is 1. The Morgan fingerprint density at radius 3 is 2.24 bits per heavy atom. The molecule has 0 aliphatic rings. The van der Waals surface area contributed by atoms with E-state index in [-0.39, 0.29) is 12.0 Å². The Morgan fingerprint density at radius 1 is 1.18 bits per heavy atom. The fourth-order valence-electron chi connectivity index (χ4n) is 2.29. The van der Waals surface area contributed by atoms with Crippen LogP contribution in [0, 0.1) is 38.0 Å². The second-order valence-corrected chi connectivity index (χ2v) is 4.70. The Hall–Kier alpha value is -1.33. The molecule has 0 fully saturated rings. The molecule has 2 nitrogen and oxygen atoms in total. The SMILES string of the molecule is CCC(C#N)C(NC)c1cc(C)c(C)cc1C. The van der Waals surface area contributed by atoms with E-state index in [4.69, 9.17) is 0 Å². The van der Waals surface area contributed by atoms with Gasteiger partial charge in [-0.15, -0.1) is 0 Å². The Balaban J connectivity index is 3.21. The van der Waals surface area contributed by atoms with E-state index in [2.05, 4.69) is 51.2 Å². The summed E-state index contributed by atoms with van der Waals surface area (Å²) >= 11 is 0. The van der Waals surface area contributed by atoms with Crippen LogP contribution in [-0.4, -0.2) is 7.05 Å². The van der Waals surface area contributed by atoms with E-state index in [0.717, 1.165) is 6.42 Å². The predicted octanol–water partition coefficient (Wildman–Crippen LogP) is 3.42. The van der Waals surface area contributed by atoms with E-state index >= 15 is 0 Å². The number of nitrogens with zero attached hydrogens (tertiary/aromatic N) is 1. The molecular weight excluding hydrogens is 208 g/mol. The molecule has 1 aromatic rings. The highest BCUT2D eigenvalue weighted by Crippen LogP contribution is 2.28. The van der Waals surface area contributed by atoms with E-state index in [1.165, 1.54) is 22.3 Å². The molecule has 0 aliphatic carbocycles. The summed E-state index contributed by atoms with van der Waals surface area (Å²) in [5, 5.41) is 12.5. The zero-order valence-electron chi connectivity index (χ0n) is 11.5. The van der Waals surface area contributed by atoms with Gasteiger partial charge in [0.1, 0.15) is 0 Å². The molecule has 1 rings (SSSR count). The van der Waals surface area contributed by atoms with Crippen LogP contribution in [0.3, 0.4) is 0 Å². The minimum Gasteiger partial charge on any atom is -0.312 e. The lowest BCUT2D eigenvalue weighted by molar-refractivity contribution is 0.447. The molecule has 0 bridgehead atoms. The molecule has 0 saturated heterocycles. The lowest BCUT2D eigenvalue weighted by atomic mass is 9.87. The number of hydrogen-bond acceptors (Lipinski definition) is 2. The molecule has 0 aliphatic heterocycles. The summed E-state index contributed by atoms with van der Waals surface area (Å²) in [6, 6.07) is 6.95. The maximum Gasteiger partial charge on any atom is 0.0675 e. The van der Waals surface area contributed by atoms with Crippen molar-refractivity contribution >= 4 is 0 Å². The molecule has 2 unspecified atom stereocenters. The van der Waals surface area contributed by atoms with Crippen LogP contribution in [0.25, 0.3) is 0 Å². The van der Waals surface area contributed by atoms with Crippen molar-refractivity contribution in [3.8, 4) is 6.07 Å². The summed E-state index contributed by atoms with van der Waals surface area (Å²) < 4.78 is 0. The van der Waals surface area contributed by atoms with Crippen LogP contribution in [0.4, 0.5) is 0 Å². The van der Waals surface area contributed by atoms with E-state index in [9.17, 15) is 5.26 Å². The largest absolute Gasteiger partial charge is 0.312 e.